The Morgan fingerprint density at radius 2 is 2.24 bits per heavy atom. The van der Waals surface area contributed by atoms with Crippen LogP contribution in [0.1, 0.15) is 27.1 Å². The predicted octanol–water partition coefficient (Wildman–Crippen LogP) is 4.46. The average molecular weight is 354 g/mol. The van der Waals surface area contributed by atoms with Crippen LogP contribution >= 0.6 is 45.8 Å². The van der Waals surface area contributed by atoms with Gasteiger partial charge >= 0.3 is 0 Å². The second kappa shape index (κ2) is 5.78. The van der Waals surface area contributed by atoms with E-state index in [0.717, 1.165) is 25.2 Å². The molecule has 1 unspecified atom stereocenters. The highest BCUT2D eigenvalue weighted by Crippen LogP contribution is 2.40. The Hall–Kier alpha value is -0.790. The Balaban J connectivity index is 1.71. The lowest BCUT2D eigenvalue weighted by Crippen LogP contribution is -2.34. The van der Waals surface area contributed by atoms with Crippen molar-refractivity contribution in [3.8, 4) is 0 Å². The van der Waals surface area contributed by atoms with Crippen LogP contribution in [0.3, 0.4) is 0 Å². The molecule has 21 heavy (non-hydrogen) atoms. The highest BCUT2D eigenvalue weighted by molar-refractivity contribution is 7.11. The molecule has 0 fully saturated rings. The summed E-state index contributed by atoms with van der Waals surface area (Å²) in [5.41, 5.74) is 2.33. The maximum Gasteiger partial charge on any atom is 0.138 e. The molecular weight excluding hydrogens is 342 g/mol. The zero-order chi connectivity index (χ0) is 14.2. The molecule has 0 bridgehead atoms. The summed E-state index contributed by atoms with van der Waals surface area (Å²) in [6, 6.07) is 6.92. The highest BCUT2D eigenvalue weighted by atomic mass is 35.5. The van der Waals surface area contributed by atoms with Gasteiger partial charge in [0.2, 0.25) is 0 Å². The highest BCUT2D eigenvalue weighted by Gasteiger charge is 2.31. The second-order valence-corrected chi connectivity index (χ2v) is 8.27. The predicted molar refractivity (Wildman–Crippen MR) is 89.5 cm³/mol. The fourth-order valence-electron chi connectivity index (χ4n) is 2.80. The van der Waals surface area contributed by atoms with Gasteiger partial charge in [0.1, 0.15) is 10.0 Å². The van der Waals surface area contributed by atoms with E-state index in [0.29, 0.717) is 10.4 Å². The fraction of sp³-hybridized carbons (Fsp3) is 0.286. The van der Waals surface area contributed by atoms with Crippen LogP contribution in [0.4, 0.5) is 0 Å². The SMILES string of the molecule is Clc1snnc1CN1CCc2sccc2C1c1cccs1. The van der Waals surface area contributed by atoms with E-state index in [-0.39, 0.29) is 0 Å². The molecule has 0 aromatic carbocycles. The van der Waals surface area contributed by atoms with Crippen molar-refractivity contribution >= 4 is 45.8 Å². The van der Waals surface area contributed by atoms with Gasteiger partial charge in [-0.25, -0.2) is 0 Å². The van der Waals surface area contributed by atoms with Crippen LogP contribution in [0, 0.1) is 0 Å². The summed E-state index contributed by atoms with van der Waals surface area (Å²) < 4.78 is 4.65. The van der Waals surface area contributed by atoms with E-state index in [1.165, 1.54) is 26.9 Å². The molecule has 108 valence electrons. The van der Waals surface area contributed by atoms with Crippen molar-refractivity contribution in [1.29, 1.82) is 0 Å². The van der Waals surface area contributed by atoms with Gasteiger partial charge in [0.25, 0.3) is 0 Å². The quantitative estimate of drug-likeness (QED) is 0.696. The molecule has 3 aromatic rings. The summed E-state index contributed by atoms with van der Waals surface area (Å²) in [5, 5.41) is 8.52. The summed E-state index contributed by atoms with van der Waals surface area (Å²) >= 11 is 11.1. The summed E-state index contributed by atoms with van der Waals surface area (Å²) in [4.78, 5) is 5.35. The number of hydrogen-bond donors (Lipinski definition) is 0. The minimum atomic E-state index is 0.317. The number of fused-ring (bicyclic) bond motifs is 1. The van der Waals surface area contributed by atoms with E-state index in [1.807, 2.05) is 22.7 Å². The lowest BCUT2D eigenvalue weighted by molar-refractivity contribution is 0.206. The van der Waals surface area contributed by atoms with Crippen LogP contribution in [-0.4, -0.2) is 21.0 Å². The minimum absolute atomic E-state index is 0.317. The Labute approximate surface area is 140 Å². The van der Waals surface area contributed by atoms with Gasteiger partial charge in [-0.05, 0) is 34.9 Å². The van der Waals surface area contributed by atoms with Crippen LogP contribution in [-0.2, 0) is 13.0 Å². The molecule has 7 heteroatoms. The zero-order valence-electron chi connectivity index (χ0n) is 11.0. The van der Waals surface area contributed by atoms with Crippen LogP contribution < -0.4 is 0 Å². The van der Waals surface area contributed by atoms with Crippen molar-refractivity contribution in [1.82, 2.24) is 14.5 Å². The Kier molecular flexibility index (Phi) is 3.81. The number of aromatic nitrogens is 2. The van der Waals surface area contributed by atoms with Crippen LogP contribution in [0.2, 0.25) is 4.34 Å². The maximum absolute atomic E-state index is 6.18. The van der Waals surface area contributed by atoms with Crippen molar-refractivity contribution < 1.29 is 0 Å². The van der Waals surface area contributed by atoms with Crippen LogP contribution in [0.25, 0.3) is 0 Å². The van der Waals surface area contributed by atoms with Crippen molar-refractivity contribution in [3.05, 3.63) is 54.3 Å². The van der Waals surface area contributed by atoms with Gasteiger partial charge in [0.05, 0.1) is 6.04 Å². The molecule has 0 radical (unpaired) electrons. The summed E-state index contributed by atoms with van der Waals surface area (Å²) in [5.74, 6) is 0. The number of hydrogen-bond acceptors (Lipinski definition) is 6. The molecular formula is C14H12ClN3S3. The van der Waals surface area contributed by atoms with Gasteiger partial charge in [-0.1, -0.05) is 22.2 Å². The number of rotatable bonds is 3. The normalized spacial score (nSPS) is 18.8. The third-order valence-electron chi connectivity index (χ3n) is 3.74. The molecule has 1 aliphatic heterocycles. The van der Waals surface area contributed by atoms with E-state index in [9.17, 15) is 0 Å². The first-order valence-electron chi connectivity index (χ1n) is 6.63. The standard InChI is InChI=1S/C14H12ClN3S3/c15-14-10(16-17-21-14)8-18-5-3-11-9(4-7-20-11)13(18)12-2-1-6-19-12/h1-2,4,6-7,13H,3,5,8H2. The molecule has 0 aliphatic carbocycles. The van der Waals surface area contributed by atoms with Crippen molar-refractivity contribution in [2.75, 3.05) is 6.54 Å². The molecule has 1 aliphatic rings. The lowest BCUT2D eigenvalue weighted by Gasteiger charge is -2.34. The number of thiophene rings is 2. The Bertz CT molecular complexity index is 734. The second-order valence-electron chi connectivity index (χ2n) is 4.93. The van der Waals surface area contributed by atoms with E-state index in [2.05, 4.69) is 43.4 Å². The number of nitrogens with zero attached hydrogens (tertiary/aromatic N) is 3. The van der Waals surface area contributed by atoms with Gasteiger partial charge < -0.3 is 0 Å². The summed E-state index contributed by atoms with van der Waals surface area (Å²) in [6.45, 7) is 1.79. The van der Waals surface area contributed by atoms with Crippen molar-refractivity contribution in [2.24, 2.45) is 0 Å². The van der Waals surface area contributed by atoms with Crippen LogP contribution in [0.5, 0.6) is 0 Å². The molecule has 3 nitrogen and oxygen atoms in total. The molecule has 4 rings (SSSR count). The Morgan fingerprint density at radius 3 is 3.00 bits per heavy atom. The van der Waals surface area contributed by atoms with Crippen molar-refractivity contribution in [2.45, 2.75) is 19.0 Å². The molecule has 0 amide bonds. The maximum atomic E-state index is 6.18. The fourth-order valence-corrected chi connectivity index (χ4v) is 5.19. The largest absolute Gasteiger partial charge is 0.285 e. The summed E-state index contributed by atoms with van der Waals surface area (Å²) in [7, 11) is 0. The topological polar surface area (TPSA) is 29.0 Å². The summed E-state index contributed by atoms with van der Waals surface area (Å²) in [6.07, 6.45) is 1.10. The van der Waals surface area contributed by atoms with Crippen molar-refractivity contribution in [3.63, 3.8) is 0 Å². The lowest BCUT2D eigenvalue weighted by atomic mass is 9.98. The Morgan fingerprint density at radius 1 is 1.29 bits per heavy atom. The average Bonchev–Trinajstić information content (AvgIpc) is 3.21. The van der Waals surface area contributed by atoms with Gasteiger partial charge in [-0.15, -0.1) is 27.8 Å². The first-order chi connectivity index (χ1) is 10.3. The first-order valence-corrected chi connectivity index (χ1v) is 9.54. The van der Waals surface area contributed by atoms with Gasteiger partial charge in [0.15, 0.2) is 0 Å². The van der Waals surface area contributed by atoms with E-state index >= 15 is 0 Å². The molecule has 4 heterocycles. The van der Waals surface area contributed by atoms with E-state index in [1.54, 1.807) is 0 Å². The molecule has 0 saturated heterocycles. The van der Waals surface area contributed by atoms with E-state index in [4.69, 9.17) is 11.6 Å². The third-order valence-corrected chi connectivity index (χ3v) is 6.65. The van der Waals surface area contributed by atoms with Crippen LogP contribution in [0.15, 0.2) is 29.0 Å². The minimum Gasteiger partial charge on any atom is -0.285 e. The molecule has 0 saturated carbocycles. The molecule has 0 N–H and O–H groups in total. The van der Waals surface area contributed by atoms with Gasteiger partial charge in [-0.2, -0.15) is 0 Å². The monoisotopic (exact) mass is 353 g/mol. The molecule has 1 atom stereocenters. The van der Waals surface area contributed by atoms with E-state index < -0.39 is 0 Å². The number of halogens is 1. The third kappa shape index (κ3) is 2.55. The smallest absolute Gasteiger partial charge is 0.138 e. The van der Waals surface area contributed by atoms with Gasteiger partial charge in [0, 0.05) is 34.4 Å². The molecule has 3 aromatic heterocycles. The zero-order valence-corrected chi connectivity index (χ0v) is 14.2. The molecule has 0 spiro atoms. The first kappa shape index (κ1) is 13.8. The van der Waals surface area contributed by atoms with Gasteiger partial charge in [-0.3, -0.25) is 4.90 Å².